The van der Waals surface area contributed by atoms with Crippen LogP contribution in [0.15, 0.2) is 18.7 Å². The SMILES string of the molecule is O=C(CC(F)(F)F)N1CCC2(CCC(=O)N(CCCn3ccnc3)C2)CC1. The summed E-state index contributed by atoms with van der Waals surface area (Å²) in [5.74, 6) is -0.705. The number of hydrogen-bond donors (Lipinski definition) is 0. The van der Waals surface area contributed by atoms with Crippen molar-refractivity contribution >= 4 is 11.8 Å². The third-order valence-electron chi connectivity index (χ3n) is 5.68. The highest BCUT2D eigenvalue weighted by Gasteiger charge is 2.42. The van der Waals surface area contributed by atoms with Crippen molar-refractivity contribution in [3.8, 4) is 0 Å². The van der Waals surface area contributed by atoms with E-state index in [4.69, 9.17) is 0 Å². The second kappa shape index (κ2) is 7.90. The van der Waals surface area contributed by atoms with Gasteiger partial charge in [0.15, 0.2) is 0 Å². The molecule has 2 amide bonds. The zero-order valence-corrected chi connectivity index (χ0v) is 15.2. The number of hydrogen-bond acceptors (Lipinski definition) is 3. The summed E-state index contributed by atoms with van der Waals surface area (Å²) in [4.78, 5) is 31.2. The molecule has 2 saturated heterocycles. The van der Waals surface area contributed by atoms with Gasteiger partial charge >= 0.3 is 6.18 Å². The lowest BCUT2D eigenvalue weighted by Gasteiger charge is -2.47. The first kappa shape index (κ1) is 19.7. The van der Waals surface area contributed by atoms with Gasteiger partial charge in [-0.3, -0.25) is 9.59 Å². The quantitative estimate of drug-likeness (QED) is 0.781. The minimum Gasteiger partial charge on any atom is -0.342 e. The standard InChI is InChI=1S/C18H25F3N4O2/c19-18(20,21)12-16(27)24-9-4-17(5-10-24)3-2-15(26)25(13-17)8-1-7-23-11-6-22-14-23/h6,11,14H,1-5,7-10,12-13H2. The van der Waals surface area contributed by atoms with Crippen molar-refractivity contribution in [1.29, 1.82) is 0 Å². The van der Waals surface area contributed by atoms with Crippen LogP contribution in [0.1, 0.15) is 38.5 Å². The molecule has 27 heavy (non-hydrogen) atoms. The summed E-state index contributed by atoms with van der Waals surface area (Å²) in [6.45, 7) is 2.76. The lowest BCUT2D eigenvalue weighted by atomic mass is 9.72. The molecule has 2 fully saturated rings. The van der Waals surface area contributed by atoms with E-state index in [1.807, 2.05) is 15.7 Å². The highest BCUT2D eigenvalue weighted by Crippen LogP contribution is 2.40. The Morgan fingerprint density at radius 1 is 1.19 bits per heavy atom. The third kappa shape index (κ3) is 5.23. The van der Waals surface area contributed by atoms with E-state index < -0.39 is 18.5 Å². The Hall–Kier alpha value is -2.06. The van der Waals surface area contributed by atoms with Gasteiger partial charge in [-0.15, -0.1) is 0 Å². The van der Waals surface area contributed by atoms with Gasteiger partial charge in [-0.2, -0.15) is 13.2 Å². The van der Waals surface area contributed by atoms with Crippen LogP contribution < -0.4 is 0 Å². The Morgan fingerprint density at radius 2 is 1.93 bits per heavy atom. The zero-order chi connectivity index (χ0) is 19.5. The zero-order valence-electron chi connectivity index (χ0n) is 15.2. The number of imidazole rings is 1. The van der Waals surface area contributed by atoms with E-state index >= 15 is 0 Å². The Morgan fingerprint density at radius 3 is 2.56 bits per heavy atom. The number of carbonyl (C=O) groups is 2. The molecule has 150 valence electrons. The summed E-state index contributed by atoms with van der Waals surface area (Å²) in [5.41, 5.74) is -0.0715. The van der Waals surface area contributed by atoms with Crippen molar-refractivity contribution in [2.45, 2.75) is 51.2 Å². The van der Waals surface area contributed by atoms with Gasteiger partial charge in [0.2, 0.25) is 11.8 Å². The first-order valence-corrected chi connectivity index (χ1v) is 9.34. The van der Waals surface area contributed by atoms with Crippen molar-refractivity contribution in [3.63, 3.8) is 0 Å². The summed E-state index contributed by atoms with van der Waals surface area (Å²) in [7, 11) is 0. The van der Waals surface area contributed by atoms with Crippen LogP contribution in [-0.2, 0) is 16.1 Å². The molecule has 0 saturated carbocycles. The first-order chi connectivity index (χ1) is 12.8. The second-order valence-electron chi connectivity index (χ2n) is 7.64. The average Bonchev–Trinajstić information content (AvgIpc) is 3.11. The minimum atomic E-state index is -4.46. The summed E-state index contributed by atoms with van der Waals surface area (Å²) in [6, 6.07) is 0. The smallest absolute Gasteiger partial charge is 0.342 e. The fourth-order valence-electron chi connectivity index (χ4n) is 4.09. The van der Waals surface area contributed by atoms with Gasteiger partial charge in [-0.25, -0.2) is 4.98 Å². The van der Waals surface area contributed by atoms with Crippen molar-refractivity contribution in [2.75, 3.05) is 26.2 Å². The molecule has 0 radical (unpaired) electrons. The molecule has 0 unspecified atom stereocenters. The number of rotatable bonds is 5. The van der Waals surface area contributed by atoms with Crippen molar-refractivity contribution in [1.82, 2.24) is 19.4 Å². The van der Waals surface area contributed by atoms with Gasteiger partial charge in [0.1, 0.15) is 6.42 Å². The van der Waals surface area contributed by atoms with Crippen LogP contribution >= 0.6 is 0 Å². The van der Waals surface area contributed by atoms with Crippen molar-refractivity contribution < 1.29 is 22.8 Å². The highest BCUT2D eigenvalue weighted by atomic mass is 19.4. The summed E-state index contributed by atoms with van der Waals surface area (Å²) < 4.78 is 39.2. The number of halogens is 3. The van der Waals surface area contributed by atoms with Gasteiger partial charge in [-0.05, 0) is 31.1 Å². The highest BCUT2D eigenvalue weighted by molar-refractivity contribution is 5.78. The maximum Gasteiger partial charge on any atom is 0.397 e. The minimum absolute atomic E-state index is 0.0715. The molecule has 3 rings (SSSR count). The predicted octanol–water partition coefficient (Wildman–Crippen LogP) is 2.46. The van der Waals surface area contributed by atoms with Crippen molar-refractivity contribution in [3.05, 3.63) is 18.7 Å². The summed E-state index contributed by atoms with van der Waals surface area (Å²) in [5, 5.41) is 0. The fourth-order valence-corrected chi connectivity index (χ4v) is 4.09. The number of amides is 2. The number of piperidine rings is 2. The molecule has 3 heterocycles. The fraction of sp³-hybridized carbons (Fsp3) is 0.722. The molecule has 0 bridgehead atoms. The van der Waals surface area contributed by atoms with Gasteiger partial charge in [0.05, 0.1) is 6.33 Å². The van der Waals surface area contributed by atoms with E-state index in [0.717, 1.165) is 19.4 Å². The van der Waals surface area contributed by atoms with Crippen LogP contribution in [0.3, 0.4) is 0 Å². The topological polar surface area (TPSA) is 58.4 Å². The molecule has 9 heteroatoms. The number of likely N-dealkylation sites (tertiary alicyclic amines) is 2. The van der Waals surface area contributed by atoms with Crippen LogP contribution in [0, 0.1) is 5.41 Å². The van der Waals surface area contributed by atoms with E-state index in [1.54, 1.807) is 12.5 Å². The van der Waals surface area contributed by atoms with Gasteiger partial charge < -0.3 is 14.4 Å². The molecule has 0 aromatic carbocycles. The molecule has 0 N–H and O–H groups in total. The number of aromatic nitrogens is 2. The third-order valence-corrected chi connectivity index (χ3v) is 5.68. The van der Waals surface area contributed by atoms with Crippen LogP contribution in [-0.4, -0.2) is 63.5 Å². The number of alkyl halides is 3. The van der Waals surface area contributed by atoms with Crippen LogP contribution in [0.25, 0.3) is 0 Å². The van der Waals surface area contributed by atoms with E-state index in [-0.39, 0.29) is 11.3 Å². The Bertz CT molecular complexity index is 652. The van der Waals surface area contributed by atoms with Gasteiger partial charge in [0, 0.05) is 51.5 Å². The van der Waals surface area contributed by atoms with E-state index in [1.165, 1.54) is 4.90 Å². The molecule has 6 nitrogen and oxygen atoms in total. The normalized spacial score (nSPS) is 20.3. The molecule has 0 atom stereocenters. The first-order valence-electron chi connectivity index (χ1n) is 9.34. The molecule has 1 aromatic heterocycles. The van der Waals surface area contributed by atoms with E-state index in [2.05, 4.69) is 4.98 Å². The molecule has 2 aliphatic rings. The lowest BCUT2D eigenvalue weighted by Crippen LogP contribution is -2.52. The maximum absolute atomic E-state index is 12.4. The number of carbonyl (C=O) groups excluding carboxylic acids is 2. The molecule has 0 aliphatic carbocycles. The molecule has 1 aromatic rings. The number of nitrogens with zero attached hydrogens (tertiary/aromatic N) is 4. The van der Waals surface area contributed by atoms with Crippen molar-refractivity contribution in [2.24, 2.45) is 5.41 Å². The predicted molar refractivity (Wildman–Crippen MR) is 91.6 cm³/mol. The average molecular weight is 386 g/mol. The Labute approximate surface area is 156 Å². The van der Waals surface area contributed by atoms with E-state index in [9.17, 15) is 22.8 Å². The Kier molecular flexibility index (Phi) is 5.76. The lowest BCUT2D eigenvalue weighted by molar-refractivity contribution is -0.164. The van der Waals surface area contributed by atoms with E-state index in [0.29, 0.717) is 45.4 Å². The number of aryl methyl sites for hydroxylation is 1. The maximum atomic E-state index is 12.4. The summed E-state index contributed by atoms with van der Waals surface area (Å²) in [6.07, 6.45) is 2.86. The molecule has 2 aliphatic heterocycles. The van der Waals surface area contributed by atoms with Gasteiger partial charge in [-0.1, -0.05) is 0 Å². The van der Waals surface area contributed by atoms with Crippen LogP contribution in [0.5, 0.6) is 0 Å². The second-order valence-corrected chi connectivity index (χ2v) is 7.64. The monoisotopic (exact) mass is 386 g/mol. The largest absolute Gasteiger partial charge is 0.397 e. The molecular formula is C18H25F3N4O2. The van der Waals surface area contributed by atoms with Crippen LogP contribution in [0.2, 0.25) is 0 Å². The molecule has 1 spiro atoms. The van der Waals surface area contributed by atoms with Gasteiger partial charge in [0.25, 0.3) is 0 Å². The summed E-state index contributed by atoms with van der Waals surface area (Å²) >= 11 is 0. The molecular weight excluding hydrogens is 361 g/mol. The van der Waals surface area contributed by atoms with Crippen LogP contribution in [0.4, 0.5) is 13.2 Å². The Balaban J connectivity index is 1.50.